The molecule has 3 atom stereocenters. The number of non-ortho nitro benzene ring substituents is 1. The third-order valence-corrected chi connectivity index (χ3v) is 6.62. The van der Waals surface area contributed by atoms with Crippen LogP contribution in [-0.2, 0) is 16.0 Å². The van der Waals surface area contributed by atoms with Crippen molar-refractivity contribution in [3.05, 3.63) is 46.5 Å². The molecule has 8 nitrogen and oxygen atoms in total. The van der Waals surface area contributed by atoms with Crippen LogP contribution in [0, 0.1) is 21.4 Å². The molecule has 0 unspecified atom stereocenters. The van der Waals surface area contributed by atoms with Crippen LogP contribution in [0.15, 0.2) is 30.9 Å². The number of anilines is 1. The molecule has 9 heteroatoms. The minimum atomic E-state index is -1.37. The zero-order valence-corrected chi connectivity index (χ0v) is 16.9. The van der Waals surface area contributed by atoms with E-state index in [1.54, 1.807) is 12.1 Å². The number of benzene rings is 1. The van der Waals surface area contributed by atoms with Crippen LogP contribution in [0.1, 0.15) is 25.3 Å². The molecule has 2 fully saturated rings. The van der Waals surface area contributed by atoms with Crippen LogP contribution < -0.4 is 10.2 Å². The quantitative estimate of drug-likeness (QED) is 0.268. The number of thiocarbonyl (C=S) groups is 1. The molecule has 0 aromatic heterocycles. The lowest BCUT2D eigenvalue weighted by Crippen LogP contribution is -2.72. The number of carbonyl (C=O) groups excluding carboxylic acids is 2. The lowest BCUT2D eigenvalue weighted by atomic mass is 9.65. The second-order valence-corrected chi connectivity index (χ2v) is 8.41. The first-order chi connectivity index (χ1) is 13.8. The van der Waals surface area contributed by atoms with Crippen molar-refractivity contribution in [1.82, 2.24) is 10.2 Å². The van der Waals surface area contributed by atoms with Gasteiger partial charge in [-0.25, -0.2) is 0 Å². The number of nitrogens with zero attached hydrogens (tertiary/aromatic N) is 3. The van der Waals surface area contributed by atoms with Gasteiger partial charge >= 0.3 is 0 Å². The highest BCUT2D eigenvalue weighted by Gasteiger charge is 2.61. The summed E-state index contributed by atoms with van der Waals surface area (Å²) in [7, 11) is 0. The van der Waals surface area contributed by atoms with Gasteiger partial charge in [0.1, 0.15) is 0 Å². The van der Waals surface area contributed by atoms with Gasteiger partial charge in [0.2, 0.25) is 11.8 Å². The lowest BCUT2D eigenvalue weighted by Gasteiger charge is -2.55. The maximum atomic E-state index is 13.7. The van der Waals surface area contributed by atoms with Gasteiger partial charge < -0.3 is 10.2 Å². The Kier molecular flexibility index (Phi) is 4.65. The smallest absolute Gasteiger partial charge is 0.269 e. The molecule has 29 heavy (non-hydrogen) atoms. The van der Waals surface area contributed by atoms with E-state index in [9.17, 15) is 19.7 Å². The number of hydrogen-bond acceptors (Lipinski definition) is 6. The summed E-state index contributed by atoms with van der Waals surface area (Å²) in [6.45, 7) is 6.69. The topological polar surface area (TPSA) is 95.8 Å². The molecule has 1 aromatic rings. The third kappa shape index (κ3) is 2.83. The molecule has 0 bridgehead atoms. The number of nitrogens with one attached hydrogen (secondary N) is 1. The number of carbonyl (C=O) groups is 2. The Morgan fingerprint density at radius 1 is 1.45 bits per heavy atom. The second-order valence-electron chi connectivity index (χ2n) is 8.02. The molecule has 0 saturated carbocycles. The van der Waals surface area contributed by atoms with Gasteiger partial charge in [-0.3, -0.25) is 24.6 Å². The molecule has 1 spiro atoms. The van der Waals surface area contributed by atoms with Gasteiger partial charge in [0.25, 0.3) is 5.69 Å². The Hall–Kier alpha value is -2.81. The lowest BCUT2D eigenvalue weighted by molar-refractivity contribution is -0.384. The fraction of sp³-hybridized carbons (Fsp3) is 0.450. The zero-order valence-electron chi connectivity index (χ0n) is 16.1. The van der Waals surface area contributed by atoms with Gasteiger partial charge in [0.05, 0.1) is 11.0 Å². The highest BCUT2D eigenvalue weighted by Crippen LogP contribution is 2.49. The number of rotatable bonds is 3. The van der Waals surface area contributed by atoms with Gasteiger partial charge in [-0.15, -0.1) is 6.58 Å². The molecule has 2 saturated heterocycles. The van der Waals surface area contributed by atoms with Crippen molar-refractivity contribution in [3.8, 4) is 0 Å². The highest BCUT2D eigenvalue weighted by molar-refractivity contribution is 7.80. The molecule has 152 valence electrons. The Morgan fingerprint density at radius 3 is 2.90 bits per heavy atom. The van der Waals surface area contributed by atoms with E-state index in [2.05, 4.69) is 23.7 Å². The highest BCUT2D eigenvalue weighted by atomic mass is 32.1. The molecule has 1 N–H and O–H groups in total. The van der Waals surface area contributed by atoms with Crippen LogP contribution in [0.4, 0.5) is 11.4 Å². The normalized spacial score (nSPS) is 28.7. The number of nitro groups is 1. The van der Waals surface area contributed by atoms with E-state index >= 15 is 0 Å². The maximum Gasteiger partial charge on any atom is 0.269 e. The fourth-order valence-electron chi connectivity index (χ4n) is 4.87. The van der Waals surface area contributed by atoms with Crippen molar-refractivity contribution in [2.24, 2.45) is 11.3 Å². The van der Waals surface area contributed by atoms with Crippen LogP contribution >= 0.6 is 12.2 Å². The maximum absolute atomic E-state index is 13.7. The van der Waals surface area contributed by atoms with Crippen molar-refractivity contribution in [1.29, 1.82) is 0 Å². The van der Waals surface area contributed by atoms with Crippen LogP contribution in [0.25, 0.3) is 0 Å². The first kappa shape index (κ1) is 19.5. The Balaban J connectivity index is 1.89. The van der Waals surface area contributed by atoms with Crippen molar-refractivity contribution in [2.45, 2.75) is 32.2 Å². The summed E-state index contributed by atoms with van der Waals surface area (Å²) in [6.07, 6.45) is 3.29. The van der Waals surface area contributed by atoms with E-state index in [0.29, 0.717) is 24.4 Å². The Morgan fingerprint density at radius 2 is 2.21 bits per heavy atom. The first-order valence-corrected chi connectivity index (χ1v) is 10.0. The van der Waals surface area contributed by atoms with Crippen molar-refractivity contribution >= 4 is 40.5 Å². The van der Waals surface area contributed by atoms with E-state index in [1.807, 2.05) is 0 Å². The zero-order chi connectivity index (χ0) is 20.9. The number of nitro benzene ring substituents is 1. The molecular formula is C20H22N4O4S. The molecule has 2 amide bonds. The molecule has 3 heterocycles. The molecule has 4 rings (SSSR count). The number of fused-ring (bicyclic) bond motifs is 4. The van der Waals surface area contributed by atoms with Gasteiger partial charge in [0, 0.05) is 37.3 Å². The average molecular weight is 414 g/mol. The van der Waals surface area contributed by atoms with Gasteiger partial charge in [-0.2, -0.15) is 0 Å². The number of piperidine rings is 1. The molecule has 0 aliphatic carbocycles. The average Bonchev–Trinajstić information content (AvgIpc) is 2.68. The summed E-state index contributed by atoms with van der Waals surface area (Å²) in [5.41, 5.74) is 0.0780. The predicted octanol–water partition coefficient (Wildman–Crippen LogP) is 2.17. The van der Waals surface area contributed by atoms with E-state index in [0.717, 1.165) is 12.1 Å². The van der Waals surface area contributed by atoms with Gasteiger partial charge in [-0.1, -0.05) is 13.0 Å². The SMILES string of the molecule is C=CCN1C(=O)[C@@]2(Cc3cc([N+](=O)[O-])ccc3N3CC[C@@H](C)C[C@H]32)C(=O)NC1=S. The summed E-state index contributed by atoms with van der Waals surface area (Å²) in [4.78, 5) is 41.3. The fourth-order valence-corrected chi connectivity index (χ4v) is 5.12. The van der Waals surface area contributed by atoms with E-state index in [-0.39, 0.29) is 35.7 Å². The minimum absolute atomic E-state index is 0.0511. The van der Waals surface area contributed by atoms with Crippen LogP contribution in [0.3, 0.4) is 0 Å². The second kappa shape index (κ2) is 6.91. The summed E-state index contributed by atoms with van der Waals surface area (Å²) in [5.74, 6) is -0.420. The van der Waals surface area contributed by atoms with Crippen LogP contribution in [-0.4, -0.2) is 45.9 Å². The monoisotopic (exact) mass is 414 g/mol. The van der Waals surface area contributed by atoms with Gasteiger partial charge in [-0.05, 0) is 42.6 Å². The van der Waals surface area contributed by atoms with E-state index in [4.69, 9.17) is 12.2 Å². The molecular weight excluding hydrogens is 392 g/mol. The van der Waals surface area contributed by atoms with Crippen LogP contribution in [0.5, 0.6) is 0 Å². The largest absolute Gasteiger partial charge is 0.367 e. The van der Waals surface area contributed by atoms with Gasteiger partial charge in [0.15, 0.2) is 10.5 Å². The third-order valence-electron chi connectivity index (χ3n) is 6.30. The van der Waals surface area contributed by atoms with Crippen molar-refractivity contribution < 1.29 is 14.5 Å². The van der Waals surface area contributed by atoms with E-state index in [1.165, 1.54) is 17.0 Å². The number of amides is 2. The Bertz CT molecular complexity index is 948. The summed E-state index contributed by atoms with van der Waals surface area (Å²) in [5, 5.41) is 14.1. The predicted molar refractivity (Wildman–Crippen MR) is 111 cm³/mol. The summed E-state index contributed by atoms with van der Waals surface area (Å²) < 4.78 is 0. The standard InChI is InChI=1S/C20H22N4O4S/c1-3-7-23-18(26)20(17(25)21-19(23)29)11-13-10-14(24(27)28)4-5-15(13)22-8-6-12(2)9-16(20)22/h3-5,10,12,16H,1,6-9,11H2,2H3,(H,21,25,29)/t12-,16+,20-/m1/s1. The minimum Gasteiger partial charge on any atom is -0.367 e. The first-order valence-electron chi connectivity index (χ1n) is 9.62. The Labute approximate surface area is 173 Å². The van der Waals surface area contributed by atoms with Crippen molar-refractivity contribution in [3.63, 3.8) is 0 Å². The van der Waals surface area contributed by atoms with Crippen molar-refractivity contribution in [2.75, 3.05) is 18.0 Å². The summed E-state index contributed by atoms with van der Waals surface area (Å²) >= 11 is 5.22. The molecule has 3 aliphatic heterocycles. The molecule has 1 aromatic carbocycles. The van der Waals surface area contributed by atoms with Crippen LogP contribution in [0.2, 0.25) is 0 Å². The summed E-state index contributed by atoms with van der Waals surface area (Å²) in [6, 6.07) is 4.37. The molecule has 3 aliphatic rings. The van der Waals surface area contributed by atoms with E-state index < -0.39 is 16.2 Å². The molecule has 0 radical (unpaired) electrons. The number of hydrogen-bond donors (Lipinski definition) is 1.